The van der Waals surface area contributed by atoms with Gasteiger partial charge in [0.25, 0.3) is 0 Å². The molecule has 0 spiro atoms. The van der Waals surface area contributed by atoms with E-state index in [0.29, 0.717) is 4.90 Å². The van der Waals surface area contributed by atoms with Crippen molar-refractivity contribution in [2.75, 3.05) is 6.54 Å². The second kappa shape index (κ2) is 5.51. The number of likely N-dealkylation sites (tertiary alicyclic amines) is 1. The molecule has 0 radical (unpaired) electrons. The van der Waals surface area contributed by atoms with Gasteiger partial charge < -0.3 is 15.1 Å². The predicted octanol–water partition coefficient (Wildman–Crippen LogP) is -0.795. The van der Waals surface area contributed by atoms with Crippen molar-refractivity contribution in [1.82, 2.24) is 4.90 Å². The van der Waals surface area contributed by atoms with E-state index in [4.69, 9.17) is 10.2 Å². The second-order valence-electron chi connectivity index (χ2n) is 4.13. The molecule has 1 rings (SSSR count). The summed E-state index contributed by atoms with van der Waals surface area (Å²) in [6, 6.07) is -1.46. The number of carbonyl (C=O) groups excluding carboxylic acids is 1. The van der Waals surface area contributed by atoms with E-state index < -0.39 is 58.7 Å². The molecule has 1 amide bonds. The van der Waals surface area contributed by atoms with E-state index in [1.165, 1.54) is 0 Å². The van der Waals surface area contributed by atoms with Crippen molar-refractivity contribution in [1.29, 1.82) is 0 Å². The van der Waals surface area contributed by atoms with Crippen molar-refractivity contribution in [2.45, 2.75) is 30.6 Å². The minimum absolute atomic E-state index is 0.366. The first-order valence-electron chi connectivity index (χ1n) is 5.30. The normalized spacial score (nSPS) is 21.4. The number of amides is 1. The minimum Gasteiger partial charge on any atom is -0.481 e. The van der Waals surface area contributed by atoms with Crippen LogP contribution in [0.1, 0.15) is 19.3 Å². The van der Waals surface area contributed by atoms with Crippen LogP contribution in [0.4, 0.5) is 3.89 Å². The third kappa shape index (κ3) is 3.88. The quantitative estimate of drug-likeness (QED) is 0.614. The summed E-state index contributed by atoms with van der Waals surface area (Å²) in [6.07, 6.45) is -1.49. The molecule has 0 saturated carbocycles. The van der Waals surface area contributed by atoms with Crippen LogP contribution in [0.25, 0.3) is 0 Å². The van der Waals surface area contributed by atoms with Crippen molar-refractivity contribution >= 4 is 28.1 Å². The molecule has 0 aromatic heterocycles. The van der Waals surface area contributed by atoms with Crippen LogP contribution in [-0.2, 0) is 24.6 Å². The molecular formula is C9H12FNO7S. The maximum absolute atomic E-state index is 12.8. The second-order valence-corrected chi connectivity index (χ2v) is 5.75. The van der Waals surface area contributed by atoms with E-state index in [2.05, 4.69) is 0 Å². The molecule has 1 aliphatic rings. The number of halogens is 1. The van der Waals surface area contributed by atoms with Crippen LogP contribution in [0.15, 0.2) is 0 Å². The summed E-state index contributed by atoms with van der Waals surface area (Å²) in [5.74, 6) is -3.51. The minimum atomic E-state index is -4.93. The molecule has 1 aliphatic heterocycles. The monoisotopic (exact) mass is 297 g/mol. The number of carbonyl (C=O) groups is 3. The van der Waals surface area contributed by atoms with Gasteiger partial charge in [0, 0.05) is 19.4 Å². The average Bonchev–Trinajstić information content (AvgIpc) is 2.60. The van der Waals surface area contributed by atoms with Gasteiger partial charge in [-0.1, -0.05) is 0 Å². The van der Waals surface area contributed by atoms with Gasteiger partial charge >= 0.3 is 22.2 Å². The highest BCUT2D eigenvalue weighted by molar-refractivity contribution is 7.87. The SMILES string of the molecule is O=C(O)CCC(C(=O)O)N1CC(S(=O)(=O)F)CC1=O. The van der Waals surface area contributed by atoms with Crippen LogP contribution in [0.5, 0.6) is 0 Å². The molecule has 8 nitrogen and oxygen atoms in total. The Kier molecular flexibility index (Phi) is 4.45. The molecule has 2 atom stereocenters. The van der Waals surface area contributed by atoms with Crippen LogP contribution in [0.3, 0.4) is 0 Å². The van der Waals surface area contributed by atoms with Gasteiger partial charge in [0.15, 0.2) is 0 Å². The Labute approximate surface area is 108 Å². The molecule has 1 saturated heterocycles. The van der Waals surface area contributed by atoms with Gasteiger partial charge in [-0.25, -0.2) is 4.79 Å². The van der Waals surface area contributed by atoms with Gasteiger partial charge in [0.1, 0.15) is 11.3 Å². The smallest absolute Gasteiger partial charge is 0.326 e. The maximum Gasteiger partial charge on any atom is 0.326 e. The molecule has 108 valence electrons. The number of hydrogen-bond acceptors (Lipinski definition) is 5. The fourth-order valence-electron chi connectivity index (χ4n) is 1.86. The van der Waals surface area contributed by atoms with Crippen LogP contribution >= 0.6 is 0 Å². The van der Waals surface area contributed by atoms with E-state index in [1.807, 2.05) is 0 Å². The predicted molar refractivity (Wildman–Crippen MR) is 58.4 cm³/mol. The summed E-state index contributed by atoms with van der Waals surface area (Å²) in [7, 11) is -4.93. The molecule has 1 fully saturated rings. The number of rotatable bonds is 6. The van der Waals surface area contributed by atoms with E-state index in [9.17, 15) is 26.7 Å². The molecule has 1 heterocycles. The molecule has 0 bridgehead atoms. The Hall–Kier alpha value is -1.71. The molecule has 0 aliphatic carbocycles. The van der Waals surface area contributed by atoms with E-state index in [1.54, 1.807) is 0 Å². The summed E-state index contributed by atoms with van der Waals surface area (Å²) < 4.78 is 34.2. The Morgan fingerprint density at radius 2 is 2.00 bits per heavy atom. The third-order valence-electron chi connectivity index (χ3n) is 2.81. The zero-order valence-corrected chi connectivity index (χ0v) is 10.5. The molecule has 0 aromatic rings. The highest BCUT2D eigenvalue weighted by Gasteiger charge is 2.43. The Balaban J connectivity index is 2.84. The summed E-state index contributed by atoms with van der Waals surface area (Å²) in [5.41, 5.74) is 0. The largest absolute Gasteiger partial charge is 0.481 e. The average molecular weight is 297 g/mol. The lowest BCUT2D eigenvalue weighted by molar-refractivity contribution is -0.149. The van der Waals surface area contributed by atoms with Gasteiger partial charge in [-0.15, -0.1) is 3.89 Å². The first-order chi connectivity index (χ1) is 8.62. The molecule has 19 heavy (non-hydrogen) atoms. The van der Waals surface area contributed by atoms with Gasteiger partial charge in [-0.3, -0.25) is 9.59 Å². The van der Waals surface area contributed by atoms with Crippen molar-refractivity contribution in [3.05, 3.63) is 0 Å². The van der Waals surface area contributed by atoms with Gasteiger partial charge in [0.05, 0.1) is 0 Å². The van der Waals surface area contributed by atoms with Crippen molar-refractivity contribution in [3.8, 4) is 0 Å². The molecule has 2 unspecified atom stereocenters. The van der Waals surface area contributed by atoms with E-state index >= 15 is 0 Å². The number of nitrogens with zero attached hydrogens (tertiary/aromatic N) is 1. The van der Waals surface area contributed by atoms with Crippen LogP contribution < -0.4 is 0 Å². The summed E-state index contributed by atoms with van der Waals surface area (Å²) >= 11 is 0. The Morgan fingerprint density at radius 1 is 1.42 bits per heavy atom. The number of aliphatic carboxylic acids is 2. The van der Waals surface area contributed by atoms with Gasteiger partial charge in [-0.2, -0.15) is 8.42 Å². The van der Waals surface area contributed by atoms with E-state index in [0.717, 1.165) is 0 Å². The summed E-state index contributed by atoms with van der Waals surface area (Å²) in [6.45, 7) is -0.575. The van der Waals surface area contributed by atoms with Crippen LogP contribution in [0, 0.1) is 0 Å². The first kappa shape index (κ1) is 15.3. The molecule has 0 aromatic carbocycles. The first-order valence-corrected chi connectivity index (χ1v) is 6.75. The fraction of sp³-hybridized carbons (Fsp3) is 0.667. The fourth-order valence-corrected chi connectivity index (χ4v) is 2.54. The summed E-state index contributed by atoms with van der Waals surface area (Å²) in [5, 5.41) is 15.8. The number of carboxylic acid groups (broad SMARTS) is 2. The molecule has 2 N–H and O–H groups in total. The topological polar surface area (TPSA) is 129 Å². The lowest BCUT2D eigenvalue weighted by atomic mass is 10.1. The highest BCUT2D eigenvalue weighted by Crippen LogP contribution is 2.23. The summed E-state index contributed by atoms with van der Waals surface area (Å²) in [4.78, 5) is 33.6. The van der Waals surface area contributed by atoms with Gasteiger partial charge in [0.2, 0.25) is 5.91 Å². The van der Waals surface area contributed by atoms with Crippen molar-refractivity contribution in [3.63, 3.8) is 0 Å². The zero-order chi connectivity index (χ0) is 14.8. The Bertz CT molecular complexity index is 503. The van der Waals surface area contributed by atoms with Gasteiger partial charge in [-0.05, 0) is 6.42 Å². The Morgan fingerprint density at radius 3 is 2.37 bits per heavy atom. The number of carboxylic acids is 2. The lowest BCUT2D eigenvalue weighted by Gasteiger charge is -2.23. The number of hydrogen-bond donors (Lipinski definition) is 2. The standard InChI is InChI=1S/C9H12FNO7S/c10-19(17,18)5-3-7(12)11(4-5)6(9(15)16)1-2-8(13)14/h5-6H,1-4H2,(H,13,14)(H,15,16). The van der Waals surface area contributed by atoms with Crippen molar-refractivity contribution in [2.24, 2.45) is 0 Å². The zero-order valence-electron chi connectivity index (χ0n) is 9.65. The van der Waals surface area contributed by atoms with Crippen LogP contribution in [-0.4, -0.2) is 59.2 Å². The molecule has 10 heteroatoms. The molecular weight excluding hydrogens is 285 g/mol. The highest BCUT2D eigenvalue weighted by atomic mass is 32.3. The lowest BCUT2D eigenvalue weighted by Crippen LogP contribution is -2.43. The van der Waals surface area contributed by atoms with Crippen LogP contribution in [0.2, 0.25) is 0 Å². The van der Waals surface area contributed by atoms with E-state index in [-0.39, 0.29) is 6.42 Å². The van der Waals surface area contributed by atoms with Crippen molar-refractivity contribution < 1.29 is 36.9 Å². The maximum atomic E-state index is 12.8. The third-order valence-corrected chi connectivity index (χ3v) is 3.93.